The number of primary amides is 1. The molecule has 5 heterocycles. The summed E-state index contributed by atoms with van der Waals surface area (Å²) >= 11 is 0. The van der Waals surface area contributed by atoms with Crippen LogP contribution in [0.4, 0.5) is 0 Å². The number of benzene rings is 3. The third-order valence-corrected chi connectivity index (χ3v) is 18.0. The number of hydrogen-bond acceptors (Lipinski definition) is 13. The summed E-state index contributed by atoms with van der Waals surface area (Å²) in [6.45, 7) is 10.9. The predicted octanol–water partition coefficient (Wildman–Crippen LogP) is 1.38. The molecule has 0 aromatic heterocycles. The molecule has 5 aliphatic heterocycles. The molecule has 10 N–H and O–H groups in total. The largest absolute Gasteiger partial charge is 0.378 e. The van der Waals surface area contributed by atoms with Crippen LogP contribution in [0.1, 0.15) is 122 Å². The maximum Gasteiger partial charge on any atom is 0.272 e. The first-order chi connectivity index (χ1) is 45.0. The van der Waals surface area contributed by atoms with Gasteiger partial charge in [0.1, 0.15) is 66.1 Å². The molecule has 3 aromatic rings. The Kier molecular flexibility index (Phi) is 24.9. The zero-order chi connectivity index (χ0) is 67.8. The summed E-state index contributed by atoms with van der Waals surface area (Å²) in [7, 11) is 0. The van der Waals surface area contributed by atoms with Gasteiger partial charge in [-0.15, -0.1) is 0 Å². The van der Waals surface area contributed by atoms with Gasteiger partial charge in [0.15, 0.2) is 0 Å². The molecule has 94 heavy (non-hydrogen) atoms. The Morgan fingerprint density at radius 3 is 1.61 bits per heavy atom. The van der Waals surface area contributed by atoms with E-state index in [-0.39, 0.29) is 95.8 Å². The molecular weight excluding hydrogens is 1200 g/mol. The summed E-state index contributed by atoms with van der Waals surface area (Å²) in [5.41, 5.74) is 7.06. The van der Waals surface area contributed by atoms with Crippen molar-refractivity contribution >= 4 is 70.9 Å². The van der Waals surface area contributed by atoms with Crippen LogP contribution in [0.5, 0.6) is 0 Å². The van der Waals surface area contributed by atoms with Gasteiger partial charge in [-0.05, 0) is 98.7 Å². The van der Waals surface area contributed by atoms with Crippen molar-refractivity contribution in [3.8, 4) is 0 Å². The number of fused-ring (bicyclic) bond motifs is 3. The second-order valence-corrected chi connectivity index (χ2v) is 26.5. The molecule has 0 aliphatic carbocycles. The fraction of sp³-hybridized carbons (Fsp3) is 0.536. The van der Waals surface area contributed by atoms with E-state index >= 15 is 14.4 Å². The molecule has 4 saturated heterocycles. The fourth-order valence-electron chi connectivity index (χ4n) is 13.2. The van der Waals surface area contributed by atoms with Crippen LogP contribution in [0.2, 0.25) is 0 Å². The van der Waals surface area contributed by atoms with E-state index in [4.69, 9.17) is 5.73 Å². The lowest BCUT2D eigenvalue weighted by Gasteiger charge is -2.34. The van der Waals surface area contributed by atoms with Gasteiger partial charge < -0.3 is 67.9 Å². The monoisotopic (exact) mass is 1300 g/mol. The van der Waals surface area contributed by atoms with Crippen LogP contribution >= 0.6 is 0 Å². The van der Waals surface area contributed by atoms with E-state index in [2.05, 4.69) is 42.5 Å². The SMILES string of the molecule is CC(C)C[C@H](NC(=O)[C@@H]1CCCN1C(=O)C1=CN[C@@H](CC(C)C)C(=O)N2CCC[C@H]2C(=O)N[C@@H](Cc2ccccc2)C(=O)N[C@@H](Cc2ccccc2)C(=O)N2CCC[C@H]2C(=O)N2CCC[C@H]2C(=O)N[C@@H](C(C)C)C(=O)N1)C(=O)N[C@@H](Cc1ccccc1)C(=O)NCC(N)=O. The van der Waals surface area contributed by atoms with Crippen LogP contribution in [0.3, 0.4) is 0 Å². The third kappa shape index (κ3) is 18.6. The lowest BCUT2D eigenvalue weighted by molar-refractivity contribution is -0.148. The van der Waals surface area contributed by atoms with Crippen LogP contribution in [0.25, 0.3) is 0 Å². The Morgan fingerprint density at radius 2 is 1.04 bits per heavy atom. The number of nitrogens with zero attached hydrogens (tertiary/aromatic N) is 4. The summed E-state index contributed by atoms with van der Waals surface area (Å²) in [5.74, 6) is -8.92. The van der Waals surface area contributed by atoms with Crippen molar-refractivity contribution in [2.24, 2.45) is 23.5 Å². The van der Waals surface area contributed by atoms with Gasteiger partial charge in [-0.3, -0.25) is 57.5 Å². The number of rotatable bonds is 19. The molecule has 10 atom stereocenters. The topological polar surface area (TPSA) is 340 Å². The lowest BCUT2D eigenvalue weighted by atomic mass is 10.0. The first-order valence-corrected chi connectivity index (χ1v) is 33.2. The molecule has 0 unspecified atom stereocenters. The number of hydrogen-bond donors (Lipinski definition) is 9. The first-order valence-electron chi connectivity index (χ1n) is 33.2. The number of nitrogens with one attached hydrogen (secondary N) is 8. The molecular formula is C69H93N13O12. The van der Waals surface area contributed by atoms with Gasteiger partial charge in [0, 0.05) is 51.6 Å². The highest BCUT2D eigenvalue weighted by molar-refractivity contribution is 6.03. The minimum absolute atomic E-state index is 0.0140. The zero-order valence-electron chi connectivity index (χ0n) is 54.7. The van der Waals surface area contributed by atoms with Gasteiger partial charge in [-0.25, -0.2) is 0 Å². The van der Waals surface area contributed by atoms with Crippen LogP contribution in [-0.2, 0) is 76.8 Å². The third-order valence-electron chi connectivity index (χ3n) is 18.0. The maximum atomic E-state index is 15.4. The summed E-state index contributed by atoms with van der Waals surface area (Å²) in [4.78, 5) is 180. The van der Waals surface area contributed by atoms with Crippen molar-refractivity contribution in [1.82, 2.24) is 62.1 Å². The van der Waals surface area contributed by atoms with E-state index in [1.54, 1.807) is 56.3 Å². The van der Waals surface area contributed by atoms with E-state index in [9.17, 15) is 43.2 Å². The summed E-state index contributed by atoms with van der Waals surface area (Å²) in [6.07, 6.45) is 4.10. The molecule has 3 aromatic carbocycles. The van der Waals surface area contributed by atoms with Crippen molar-refractivity contribution in [2.45, 2.75) is 185 Å². The Labute approximate surface area is 549 Å². The molecule has 0 radical (unpaired) electrons. The smallest absolute Gasteiger partial charge is 0.272 e. The van der Waals surface area contributed by atoms with Gasteiger partial charge in [0.2, 0.25) is 65.0 Å². The molecule has 0 spiro atoms. The maximum absolute atomic E-state index is 15.4. The van der Waals surface area contributed by atoms with Crippen LogP contribution < -0.4 is 48.3 Å². The quantitative estimate of drug-likeness (QED) is 0.0821. The second-order valence-electron chi connectivity index (χ2n) is 26.5. The second kappa shape index (κ2) is 33.1. The van der Waals surface area contributed by atoms with E-state index in [1.165, 1.54) is 25.8 Å². The molecule has 25 nitrogen and oxygen atoms in total. The average Bonchev–Trinajstić information content (AvgIpc) is 1.72. The molecule has 4 fully saturated rings. The Bertz CT molecular complexity index is 3260. The van der Waals surface area contributed by atoms with E-state index < -0.39 is 149 Å². The molecule has 506 valence electrons. The van der Waals surface area contributed by atoms with Crippen LogP contribution in [0.15, 0.2) is 103 Å². The van der Waals surface area contributed by atoms with Gasteiger partial charge in [-0.1, -0.05) is 133 Å². The lowest BCUT2D eigenvalue weighted by Crippen LogP contribution is -2.60. The van der Waals surface area contributed by atoms with E-state index in [1.807, 2.05) is 76.2 Å². The molecule has 8 rings (SSSR count). The summed E-state index contributed by atoms with van der Waals surface area (Å²) in [5, 5.41) is 22.7. The summed E-state index contributed by atoms with van der Waals surface area (Å²) < 4.78 is 0. The van der Waals surface area contributed by atoms with Crippen molar-refractivity contribution < 1.29 is 57.5 Å². The van der Waals surface area contributed by atoms with E-state index in [0.717, 1.165) is 5.56 Å². The highest BCUT2D eigenvalue weighted by Gasteiger charge is 2.46. The molecule has 5 aliphatic rings. The normalized spacial score (nSPS) is 24.2. The number of amides is 12. The zero-order valence-corrected chi connectivity index (χ0v) is 54.7. The Morgan fingerprint density at radius 1 is 0.532 bits per heavy atom. The molecule has 0 saturated carbocycles. The molecule has 0 bridgehead atoms. The minimum atomic E-state index is -1.32. The first kappa shape index (κ1) is 70.7. The standard InChI is InChI=1S/C69H93N13O12/c1-41(2)34-47(60(85)73-48(59(84)72-40-57(70)83)36-44-20-10-7-11-21-44)74-62(87)54-27-17-31-80(54)68(93)52-39-71-50(35-42(3)4)66(91)79-30-16-26-53(79)63(88)75-49(37-45-22-12-8-13-23-45)61(86)76-51(38-46-24-14-9-15-25-46)67(92)82-33-19-29-56(82)69(94)81-32-18-28-55(81)64(89)78-58(43(5)6)65(90)77-52/h7-15,20-25,39,41-43,47-51,53-56,58,71H,16-19,26-38,40H2,1-6H3,(H2,70,83)(H,72,84)(H,73,85)(H,74,87)(H,75,88)(H,76,86)(H,77,90)(H,78,89)/t47-,48-,49-,50-,51-,53-,54-,55-,56-,58-/m0/s1. The number of likely N-dealkylation sites (tertiary alicyclic amines) is 1. The van der Waals surface area contributed by atoms with Gasteiger partial charge in [-0.2, -0.15) is 0 Å². The van der Waals surface area contributed by atoms with Crippen molar-refractivity contribution in [2.75, 3.05) is 32.7 Å². The predicted molar refractivity (Wildman–Crippen MR) is 348 cm³/mol. The Hall–Kier alpha value is -9.16. The van der Waals surface area contributed by atoms with Gasteiger partial charge in [0.05, 0.1) is 6.54 Å². The van der Waals surface area contributed by atoms with Crippen molar-refractivity contribution in [1.29, 1.82) is 0 Å². The Balaban J connectivity index is 1.13. The highest BCUT2D eigenvalue weighted by atomic mass is 16.2. The molecule has 12 amide bonds. The highest BCUT2D eigenvalue weighted by Crippen LogP contribution is 2.28. The number of carbonyl (C=O) groups excluding carboxylic acids is 12. The molecule has 25 heteroatoms. The van der Waals surface area contributed by atoms with Crippen LogP contribution in [0, 0.1) is 17.8 Å². The van der Waals surface area contributed by atoms with Crippen molar-refractivity contribution in [3.63, 3.8) is 0 Å². The average molecular weight is 1300 g/mol. The number of nitrogens with two attached hydrogens (primary N) is 1. The van der Waals surface area contributed by atoms with Gasteiger partial charge in [0.25, 0.3) is 5.91 Å². The van der Waals surface area contributed by atoms with Gasteiger partial charge >= 0.3 is 0 Å². The number of carbonyl (C=O) groups is 12. The minimum Gasteiger partial charge on any atom is -0.378 e. The summed E-state index contributed by atoms with van der Waals surface area (Å²) in [6, 6.07) is 15.4. The fourth-order valence-corrected chi connectivity index (χ4v) is 13.2. The van der Waals surface area contributed by atoms with E-state index in [0.29, 0.717) is 36.8 Å². The van der Waals surface area contributed by atoms with Crippen LogP contribution in [-0.4, -0.2) is 184 Å². The van der Waals surface area contributed by atoms with Crippen molar-refractivity contribution in [3.05, 3.63) is 120 Å².